The van der Waals surface area contributed by atoms with Gasteiger partial charge in [0, 0.05) is 16.6 Å². The standard InChI is InChI=1S/C13H12ClNO3/c14-9-2-1-7-5-12(16)10(4-8(7)3-9)11(15)6-13(17)18/h1-5,11,16H,6,15H2,(H,17,18). The number of benzene rings is 2. The Balaban J connectivity index is 2.50. The molecule has 0 bridgehead atoms. The van der Waals surface area contributed by atoms with E-state index in [1.54, 1.807) is 30.3 Å². The number of nitrogens with two attached hydrogens (primary N) is 1. The number of carbonyl (C=O) groups is 1. The third-order valence-corrected chi connectivity index (χ3v) is 2.98. The van der Waals surface area contributed by atoms with Crippen molar-refractivity contribution in [1.82, 2.24) is 0 Å². The van der Waals surface area contributed by atoms with Crippen molar-refractivity contribution in [3.05, 3.63) is 40.9 Å². The normalized spacial score (nSPS) is 12.6. The van der Waals surface area contributed by atoms with Gasteiger partial charge in [-0.3, -0.25) is 4.79 Å². The van der Waals surface area contributed by atoms with Gasteiger partial charge in [-0.05, 0) is 35.0 Å². The van der Waals surface area contributed by atoms with E-state index in [4.69, 9.17) is 22.4 Å². The van der Waals surface area contributed by atoms with Crippen molar-refractivity contribution in [2.24, 2.45) is 5.73 Å². The van der Waals surface area contributed by atoms with Gasteiger partial charge in [-0.15, -0.1) is 0 Å². The van der Waals surface area contributed by atoms with Gasteiger partial charge in [0.15, 0.2) is 0 Å². The molecule has 0 aliphatic carbocycles. The lowest BCUT2D eigenvalue weighted by Gasteiger charge is -2.13. The zero-order valence-corrected chi connectivity index (χ0v) is 10.2. The van der Waals surface area contributed by atoms with Gasteiger partial charge in [-0.25, -0.2) is 0 Å². The minimum atomic E-state index is -1.01. The molecule has 94 valence electrons. The lowest BCUT2D eigenvalue weighted by Crippen LogP contribution is -2.15. The van der Waals surface area contributed by atoms with E-state index >= 15 is 0 Å². The fraction of sp³-hybridized carbons (Fsp3) is 0.154. The second-order valence-corrected chi connectivity index (χ2v) is 4.54. The zero-order valence-electron chi connectivity index (χ0n) is 9.43. The fourth-order valence-corrected chi connectivity index (χ4v) is 2.05. The van der Waals surface area contributed by atoms with Gasteiger partial charge in [-0.1, -0.05) is 17.7 Å². The van der Waals surface area contributed by atoms with E-state index in [9.17, 15) is 9.90 Å². The van der Waals surface area contributed by atoms with Crippen molar-refractivity contribution in [3.63, 3.8) is 0 Å². The average Bonchev–Trinajstić information content (AvgIpc) is 2.27. The van der Waals surface area contributed by atoms with Crippen molar-refractivity contribution in [2.75, 3.05) is 0 Å². The van der Waals surface area contributed by atoms with Crippen molar-refractivity contribution in [2.45, 2.75) is 12.5 Å². The average molecular weight is 266 g/mol. The first-order valence-electron chi connectivity index (χ1n) is 5.37. The monoisotopic (exact) mass is 265 g/mol. The maximum atomic E-state index is 10.6. The molecule has 2 rings (SSSR count). The first-order chi connectivity index (χ1) is 8.47. The molecule has 0 fully saturated rings. The first-order valence-corrected chi connectivity index (χ1v) is 5.74. The third kappa shape index (κ3) is 2.55. The number of aliphatic carboxylic acids is 1. The second kappa shape index (κ2) is 4.84. The summed E-state index contributed by atoms with van der Waals surface area (Å²) in [5, 5.41) is 20.8. The van der Waals surface area contributed by atoms with Crippen LogP contribution in [-0.4, -0.2) is 16.2 Å². The first kappa shape index (κ1) is 12.7. The third-order valence-electron chi connectivity index (χ3n) is 2.74. The van der Waals surface area contributed by atoms with Crippen LogP contribution in [-0.2, 0) is 4.79 Å². The largest absolute Gasteiger partial charge is 0.508 e. The molecule has 5 heteroatoms. The highest BCUT2D eigenvalue weighted by molar-refractivity contribution is 6.31. The molecule has 0 spiro atoms. The molecule has 0 radical (unpaired) electrons. The van der Waals surface area contributed by atoms with Crippen LogP contribution in [0.1, 0.15) is 18.0 Å². The number of hydrogen-bond donors (Lipinski definition) is 3. The second-order valence-electron chi connectivity index (χ2n) is 4.11. The molecular formula is C13H12ClNO3. The number of fused-ring (bicyclic) bond motifs is 1. The molecule has 2 aromatic rings. The molecule has 4 N–H and O–H groups in total. The Labute approximate surface area is 109 Å². The number of phenolic OH excluding ortho intramolecular Hbond substituents is 1. The van der Waals surface area contributed by atoms with Gasteiger partial charge >= 0.3 is 5.97 Å². The predicted octanol–water partition coefficient (Wildman–Crippen LogP) is 2.67. The van der Waals surface area contributed by atoms with Gasteiger partial charge in [0.05, 0.1) is 6.42 Å². The fourth-order valence-electron chi connectivity index (χ4n) is 1.87. The highest BCUT2D eigenvalue weighted by Crippen LogP contribution is 2.31. The Morgan fingerprint density at radius 3 is 2.67 bits per heavy atom. The maximum absolute atomic E-state index is 10.6. The van der Waals surface area contributed by atoms with Crippen LogP contribution in [0.25, 0.3) is 10.8 Å². The number of aromatic hydroxyl groups is 1. The molecule has 18 heavy (non-hydrogen) atoms. The highest BCUT2D eigenvalue weighted by Gasteiger charge is 2.15. The van der Waals surface area contributed by atoms with E-state index in [-0.39, 0.29) is 12.2 Å². The number of carboxylic acids is 1. The molecule has 0 saturated carbocycles. The summed E-state index contributed by atoms with van der Waals surface area (Å²) in [4.78, 5) is 10.6. The van der Waals surface area contributed by atoms with Crippen LogP contribution in [0.4, 0.5) is 0 Å². The van der Waals surface area contributed by atoms with Gasteiger partial charge in [-0.2, -0.15) is 0 Å². The minimum Gasteiger partial charge on any atom is -0.508 e. The number of carboxylic acid groups (broad SMARTS) is 1. The maximum Gasteiger partial charge on any atom is 0.305 e. The number of halogens is 1. The molecule has 1 unspecified atom stereocenters. The SMILES string of the molecule is NC(CC(=O)O)c1cc2cc(Cl)ccc2cc1O. The van der Waals surface area contributed by atoms with Crippen LogP contribution in [0.2, 0.25) is 5.02 Å². The number of phenols is 1. The summed E-state index contributed by atoms with van der Waals surface area (Å²) in [5.41, 5.74) is 6.16. The Kier molecular flexibility index (Phi) is 3.41. The molecule has 0 aliphatic heterocycles. The quantitative estimate of drug-likeness (QED) is 0.797. The molecule has 0 aromatic heterocycles. The summed E-state index contributed by atoms with van der Waals surface area (Å²) >= 11 is 5.89. The van der Waals surface area contributed by atoms with Gasteiger partial charge < -0.3 is 15.9 Å². The van der Waals surface area contributed by atoms with Crippen LogP contribution in [0.15, 0.2) is 30.3 Å². The van der Waals surface area contributed by atoms with Crippen molar-refractivity contribution < 1.29 is 15.0 Å². The Bertz CT molecular complexity index is 612. The van der Waals surface area contributed by atoms with Crippen LogP contribution in [0.3, 0.4) is 0 Å². The lowest BCUT2D eigenvalue weighted by atomic mass is 9.99. The van der Waals surface area contributed by atoms with Gasteiger partial charge in [0.1, 0.15) is 5.75 Å². The zero-order chi connectivity index (χ0) is 13.3. The van der Waals surface area contributed by atoms with Gasteiger partial charge in [0.25, 0.3) is 0 Å². The van der Waals surface area contributed by atoms with Crippen LogP contribution in [0.5, 0.6) is 5.75 Å². The minimum absolute atomic E-state index is 0.00132. The van der Waals surface area contributed by atoms with E-state index < -0.39 is 12.0 Å². The Hall–Kier alpha value is -1.78. The molecule has 0 heterocycles. The molecule has 0 saturated heterocycles. The van der Waals surface area contributed by atoms with E-state index in [0.29, 0.717) is 10.6 Å². The smallest absolute Gasteiger partial charge is 0.305 e. The van der Waals surface area contributed by atoms with Crippen molar-refractivity contribution >= 4 is 28.3 Å². The number of hydrogen-bond acceptors (Lipinski definition) is 3. The number of rotatable bonds is 3. The van der Waals surface area contributed by atoms with Crippen LogP contribution in [0, 0.1) is 0 Å². The van der Waals surface area contributed by atoms with Crippen LogP contribution < -0.4 is 5.73 Å². The van der Waals surface area contributed by atoms with Crippen LogP contribution >= 0.6 is 11.6 Å². The summed E-state index contributed by atoms with van der Waals surface area (Å²) in [6, 6.07) is 7.73. The van der Waals surface area contributed by atoms with Gasteiger partial charge in [0.2, 0.25) is 0 Å². The molecular weight excluding hydrogens is 254 g/mol. The summed E-state index contributed by atoms with van der Waals surface area (Å²) in [7, 11) is 0. The summed E-state index contributed by atoms with van der Waals surface area (Å²) in [6.07, 6.45) is -0.236. The lowest BCUT2D eigenvalue weighted by molar-refractivity contribution is -0.137. The Morgan fingerprint density at radius 2 is 2.00 bits per heavy atom. The molecule has 0 aliphatic rings. The summed E-state index contributed by atoms with van der Waals surface area (Å²) < 4.78 is 0. The topological polar surface area (TPSA) is 83.6 Å². The molecule has 4 nitrogen and oxygen atoms in total. The molecule has 1 atom stereocenters. The van der Waals surface area contributed by atoms with E-state index in [0.717, 1.165) is 10.8 Å². The molecule has 2 aromatic carbocycles. The van der Waals surface area contributed by atoms with Crippen molar-refractivity contribution in [3.8, 4) is 5.75 Å². The predicted molar refractivity (Wildman–Crippen MR) is 69.8 cm³/mol. The van der Waals surface area contributed by atoms with Crippen molar-refractivity contribution in [1.29, 1.82) is 0 Å². The summed E-state index contributed by atoms with van der Waals surface area (Å²) in [6.45, 7) is 0. The van der Waals surface area contributed by atoms with E-state index in [2.05, 4.69) is 0 Å². The Morgan fingerprint density at radius 1 is 1.28 bits per heavy atom. The highest BCUT2D eigenvalue weighted by atomic mass is 35.5. The molecule has 0 amide bonds. The van der Waals surface area contributed by atoms with E-state index in [1.165, 1.54) is 0 Å². The summed E-state index contributed by atoms with van der Waals surface area (Å²) in [5.74, 6) is -1.01. The van der Waals surface area contributed by atoms with E-state index in [1.807, 2.05) is 0 Å².